The molecule has 0 fully saturated rings. The van der Waals surface area contributed by atoms with Gasteiger partial charge in [-0.25, -0.2) is 13.1 Å². The van der Waals surface area contributed by atoms with Crippen LogP contribution in [0.1, 0.15) is 17.1 Å². The number of hydrogen-bond acceptors (Lipinski definition) is 4. The van der Waals surface area contributed by atoms with Crippen LogP contribution < -0.4 is 10.5 Å². The maximum absolute atomic E-state index is 12.2. The Bertz CT molecular complexity index is 708. The highest BCUT2D eigenvalue weighted by Gasteiger charge is 2.20. The lowest BCUT2D eigenvalue weighted by molar-refractivity contribution is 0.478. The van der Waals surface area contributed by atoms with Crippen LogP contribution in [-0.2, 0) is 23.0 Å². The largest absolute Gasteiger partial charge is 0.464 e. The molecule has 0 saturated carbocycles. The van der Waals surface area contributed by atoms with E-state index in [1.165, 1.54) is 6.07 Å². The van der Waals surface area contributed by atoms with Gasteiger partial charge >= 0.3 is 0 Å². The predicted octanol–water partition coefficient (Wildman–Crippen LogP) is 2.22. The molecule has 0 aliphatic heterocycles. The number of furan rings is 1. The predicted molar refractivity (Wildman–Crippen MR) is 81.7 cm³/mol. The first-order chi connectivity index (χ1) is 9.92. The van der Waals surface area contributed by atoms with Crippen molar-refractivity contribution >= 4 is 21.6 Å². The van der Waals surface area contributed by atoms with Crippen molar-refractivity contribution in [3.05, 3.63) is 52.4 Å². The van der Waals surface area contributed by atoms with Gasteiger partial charge in [0.1, 0.15) is 16.4 Å². The first-order valence-corrected chi connectivity index (χ1v) is 8.32. The number of benzene rings is 1. The summed E-state index contributed by atoms with van der Waals surface area (Å²) in [5, 5.41) is 0.655. The van der Waals surface area contributed by atoms with Crippen molar-refractivity contribution < 1.29 is 12.8 Å². The van der Waals surface area contributed by atoms with Crippen LogP contribution in [0.5, 0.6) is 0 Å². The number of aryl methyl sites for hydroxylation is 1. The molecular formula is C14H17ClN2O3S. The van der Waals surface area contributed by atoms with Gasteiger partial charge in [0.25, 0.3) is 0 Å². The van der Waals surface area contributed by atoms with Crippen molar-refractivity contribution in [2.75, 3.05) is 6.54 Å². The molecule has 5 nitrogen and oxygen atoms in total. The average Bonchev–Trinajstić information content (AvgIpc) is 2.83. The van der Waals surface area contributed by atoms with Gasteiger partial charge in [-0.15, -0.1) is 0 Å². The third kappa shape index (κ3) is 4.07. The van der Waals surface area contributed by atoms with E-state index in [1.807, 2.05) is 12.1 Å². The second-order valence-corrected chi connectivity index (χ2v) is 6.78. The summed E-state index contributed by atoms with van der Waals surface area (Å²) in [6, 6.07) is 8.75. The van der Waals surface area contributed by atoms with Crippen molar-refractivity contribution in [1.82, 2.24) is 4.72 Å². The fraction of sp³-hybridized carbons (Fsp3) is 0.286. The van der Waals surface area contributed by atoms with Gasteiger partial charge in [-0.05, 0) is 31.0 Å². The molecule has 0 bridgehead atoms. The number of halogens is 1. The van der Waals surface area contributed by atoms with Crippen LogP contribution in [0.3, 0.4) is 0 Å². The minimum Gasteiger partial charge on any atom is -0.464 e. The molecule has 0 aliphatic rings. The van der Waals surface area contributed by atoms with E-state index < -0.39 is 10.0 Å². The Morgan fingerprint density at radius 3 is 2.52 bits per heavy atom. The topological polar surface area (TPSA) is 85.3 Å². The fourth-order valence-corrected chi connectivity index (χ4v) is 3.31. The van der Waals surface area contributed by atoms with Gasteiger partial charge in [-0.3, -0.25) is 0 Å². The van der Waals surface area contributed by atoms with Gasteiger partial charge in [0.15, 0.2) is 0 Å². The summed E-state index contributed by atoms with van der Waals surface area (Å²) in [4.78, 5) is 0.138. The molecule has 0 aliphatic carbocycles. The van der Waals surface area contributed by atoms with Crippen LogP contribution in [0.4, 0.5) is 0 Å². The van der Waals surface area contributed by atoms with Gasteiger partial charge in [-0.2, -0.15) is 0 Å². The SMILES string of the molecule is Cc1oc(CN)cc1S(=O)(=O)NCCc1ccc(Cl)cc1. The Morgan fingerprint density at radius 2 is 1.95 bits per heavy atom. The molecule has 2 rings (SSSR count). The third-order valence-corrected chi connectivity index (χ3v) is 4.85. The van der Waals surface area contributed by atoms with Crippen LogP contribution in [0.15, 0.2) is 39.6 Å². The maximum atomic E-state index is 12.2. The second-order valence-electron chi connectivity index (χ2n) is 4.61. The Morgan fingerprint density at radius 1 is 1.29 bits per heavy atom. The van der Waals surface area contributed by atoms with Gasteiger partial charge in [0, 0.05) is 17.6 Å². The lowest BCUT2D eigenvalue weighted by Crippen LogP contribution is -2.26. The zero-order valence-corrected chi connectivity index (χ0v) is 13.2. The summed E-state index contributed by atoms with van der Waals surface area (Å²) in [6.07, 6.45) is 0.580. The molecule has 1 aromatic carbocycles. The molecule has 2 aromatic rings. The Kier molecular flexibility index (Phi) is 5.05. The van der Waals surface area contributed by atoms with E-state index in [1.54, 1.807) is 19.1 Å². The number of nitrogens with two attached hydrogens (primary N) is 1. The quantitative estimate of drug-likeness (QED) is 0.851. The van der Waals surface area contributed by atoms with Crippen LogP contribution in [0.2, 0.25) is 5.02 Å². The standard InChI is InChI=1S/C14H17ClN2O3S/c1-10-14(8-13(9-16)20-10)21(18,19)17-7-6-11-2-4-12(15)5-3-11/h2-5,8,17H,6-7,9,16H2,1H3. The summed E-state index contributed by atoms with van der Waals surface area (Å²) in [5.74, 6) is 0.792. The summed E-state index contributed by atoms with van der Waals surface area (Å²) in [5.41, 5.74) is 6.45. The zero-order chi connectivity index (χ0) is 15.5. The van der Waals surface area contributed by atoms with Crippen molar-refractivity contribution in [2.45, 2.75) is 24.8 Å². The molecule has 21 heavy (non-hydrogen) atoms. The van der Waals surface area contributed by atoms with Crippen molar-refractivity contribution in [1.29, 1.82) is 0 Å². The second kappa shape index (κ2) is 6.62. The highest BCUT2D eigenvalue weighted by molar-refractivity contribution is 7.89. The first kappa shape index (κ1) is 16.0. The number of sulfonamides is 1. The summed E-state index contributed by atoms with van der Waals surface area (Å²) in [6.45, 7) is 2.07. The molecule has 114 valence electrons. The van der Waals surface area contributed by atoms with Crippen LogP contribution in [0, 0.1) is 6.92 Å². The monoisotopic (exact) mass is 328 g/mol. The van der Waals surface area contributed by atoms with Gasteiger partial charge in [-0.1, -0.05) is 23.7 Å². The van der Waals surface area contributed by atoms with Crippen molar-refractivity contribution in [3.8, 4) is 0 Å². The molecule has 1 aromatic heterocycles. The van der Waals surface area contributed by atoms with E-state index in [9.17, 15) is 8.42 Å². The molecule has 7 heteroatoms. The van der Waals surface area contributed by atoms with E-state index in [0.717, 1.165) is 5.56 Å². The van der Waals surface area contributed by atoms with Crippen LogP contribution >= 0.6 is 11.6 Å². The van der Waals surface area contributed by atoms with E-state index in [2.05, 4.69) is 4.72 Å². The smallest absolute Gasteiger partial charge is 0.244 e. The summed E-state index contributed by atoms with van der Waals surface area (Å²) >= 11 is 5.80. The lowest BCUT2D eigenvalue weighted by atomic mass is 10.2. The average molecular weight is 329 g/mol. The highest BCUT2D eigenvalue weighted by atomic mass is 35.5. The third-order valence-electron chi connectivity index (χ3n) is 3.03. The van der Waals surface area contributed by atoms with Crippen molar-refractivity contribution in [2.24, 2.45) is 5.73 Å². The number of rotatable bonds is 6. The minimum absolute atomic E-state index is 0.138. The molecular weight excluding hydrogens is 312 g/mol. The molecule has 1 heterocycles. The lowest BCUT2D eigenvalue weighted by Gasteiger charge is -2.06. The maximum Gasteiger partial charge on any atom is 0.244 e. The Labute approximate surface area is 129 Å². The molecule has 0 saturated heterocycles. The Balaban J connectivity index is 2.01. The molecule has 0 amide bonds. The van der Waals surface area contributed by atoms with Gasteiger partial charge in [0.2, 0.25) is 10.0 Å². The number of hydrogen-bond donors (Lipinski definition) is 2. The summed E-state index contributed by atoms with van der Waals surface area (Å²) in [7, 11) is -3.58. The number of nitrogens with one attached hydrogen (secondary N) is 1. The minimum atomic E-state index is -3.58. The highest BCUT2D eigenvalue weighted by Crippen LogP contribution is 2.19. The molecule has 3 N–H and O–H groups in total. The van der Waals surface area contributed by atoms with Crippen LogP contribution in [-0.4, -0.2) is 15.0 Å². The molecule has 0 atom stereocenters. The summed E-state index contributed by atoms with van der Waals surface area (Å²) < 4.78 is 32.2. The first-order valence-electron chi connectivity index (χ1n) is 6.46. The van der Waals surface area contributed by atoms with Crippen molar-refractivity contribution in [3.63, 3.8) is 0 Å². The van der Waals surface area contributed by atoms with E-state index in [4.69, 9.17) is 21.8 Å². The van der Waals surface area contributed by atoms with E-state index >= 15 is 0 Å². The fourth-order valence-electron chi connectivity index (χ4n) is 1.95. The normalized spacial score (nSPS) is 11.8. The zero-order valence-electron chi connectivity index (χ0n) is 11.6. The van der Waals surface area contributed by atoms with E-state index in [0.29, 0.717) is 29.5 Å². The van der Waals surface area contributed by atoms with E-state index in [-0.39, 0.29) is 11.4 Å². The molecule has 0 unspecified atom stereocenters. The van der Waals surface area contributed by atoms with Gasteiger partial charge < -0.3 is 10.2 Å². The van der Waals surface area contributed by atoms with Crippen LogP contribution in [0.25, 0.3) is 0 Å². The molecule has 0 spiro atoms. The Hall–Kier alpha value is -1.34. The molecule has 0 radical (unpaired) electrons. The van der Waals surface area contributed by atoms with Gasteiger partial charge in [0.05, 0.1) is 6.54 Å².